The van der Waals surface area contributed by atoms with Gasteiger partial charge in [0.15, 0.2) is 0 Å². The highest BCUT2D eigenvalue weighted by molar-refractivity contribution is 6.31. The molecule has 0 aromatic carbocycles. The predicted molar refractivity (Wildman–Crippen MR) is 84.9 cm³/mol. The van der Waals surface area contributed by atoms with Gasteiger partial charge >= 0.3 is 6.09 Å². The average Bonchev–Trinajstić information content (AvgIpc) is 2.45. The molecule has 2 unspecified atom stereocenters. The van der Waals surface area contributed by atoms with Crippen LogP contribution in [0.1, 0.15) is 45.3 Å². The number of amides is 1. The molecule has 5 nitrogen and oxygen atoms in total. The minimum absolute atomic E-state index is 0.133. The number of carbonyl (C=O) groups excluding carboxylic acids is 1. The topological polar surface area (TPSA) is 60.5 Å². The highest BCUT2D eigenvalue weighted by Gasteiger charge is 2.31. The Hall–Kier alpha value is -1.33. The summed E-state index contributed by atoms with van der Waals surface area (Å²) in [7, 11) is 0. The van der Waals surface area contributed by atoms with Crippen LogP contribution in [0.2, 0.25) is 5.02 Å². The quantitative estimate of drug-likeness (QED) is 0.919. The van der Waals surface area contributed by atoms with Crippen molar-refractivity contribution in [2.45, 2.75) is 45.3 Å². The number of carbonyl (C=O) groups is 1. The Morgan fingerprint density at radius 1 is 1.55 bits per heavy atom. The lowest BCUT2D eigenvalue weighted by atomic mass is 9.91. The van der Waals surface area contributed by atoms with Gasteiger partial charge in [-0.3, -0.25) is 4.98 Å². The van der Waals surface area contributed by atoms with Gasteiger partial charge in [-0.05, 0) is 45.7 Å². The van der Waals surface area contributed by atoms with E-state index in [1.165, 1.54) is 0 Å². The number of alkyl carbamates (subject to hydrolysis) is 1. The van der Waals surface area contributed by atoms with E-state index in [0.29, 0.717) is 17.3 Å². The molecule has 2 atom stereocenters. The predicted octanol–water partition coefficient (Wildman–Crippen LogP) is 3.73. The molecule has 1 fully saturated rings. The van der Waals surface area contributed by atoms with Crippen LogP contribution < -0.4 is 5.32 Å². The van der Waals surface area contributed by atoms with Gasteiger partial charge in [-0.1, -0.05) is 11.6 Å². The Labute approximate surface area is 136 Å². The number of pyridine rings is 1. The molecule has 6 heteroatoms. The highest BCUT2D eigenvalue weighted by Crippen LogP contribution is 2.31. The molecular weight excluding hydrogens is 304 g/mol. The number of hydrogen-bond donors (Lipinski definition) is 1. The van der Waals surface area contributed by atoms with Crippen molar-refractivity contribution in [3.8, 4) is 0 Å². The molecule has 0 bridgehead atoms. The third-order valence-electron chi connectivity index (χ3n) is 3.42. The largest absolute Gasteiger partial charge is 0.444 e. The van der Waals surface area contributed by atoms with Crippen LogP contribution in [0.25, 0.3) is 0 Å². The van der Waals surface area contributed by atoms with Crippen LogP contribution in [0.15, 0.2) is 18.3 Å². The van der Waals surface area contributed by atoms with Crippen molar-refractivity contribution in [3.05, 3.63) is 29.0 Å². The molecule has 22 heavy (non-hydrogen) atoms. The summed E-state index contributed by atoms with van der Waals surface area (Å²) >= 11 is 6.26. The lowest BCUT2D eigenvalue weighted by molar-refractivity contribution is 0.0258. The number of halogens is 1. The minimum atomic E-state index is -0.550. The second-order valence-electron chi connectivity index (χ2n) is 6.47. The van der Waals surface area contributed by atoms with Gasteiger partial charge in [-0.25, -0.2) is 4.79 Å². The fourth-order valence-corrected chi connectivity index (χ4v) is 2.74. The van der Waals surface area contributed by atoms with Gasteiger partial charge < -0.3 is 14.8 Å². The number of aromatic nitrogens is 1. The van der Waals surface area contributed by atoms with Gasteiger partial charge in [0.05, 0.1) is 23.4 Å². The van der Waals surface area contributed by atoms with E-state index >= 15 is 0 Å². The maximum atomic E-state index is 12.2. The van der Waals surface area contributed by atoms with Gasteiger partial charge in [0, 0.05) is 18.7 Å². The van der Waals surface area contributed by atoms with Gasteiger partial charge in [0.2, 0.25) is 0 Å². The van der Waals surface area contributed by atoms with Crippen LogP contribution >= 0.6 is 11.6 Å². The summed E-state index contributed by atoms with van der Waals surface area (Å²) in [6.07, 6.45) is 3.12. The molecule has 1 saturated heterocycles. The second kappa shape index (κ2) is 7.29. The van der Waals surface area contributed by atoms with Gasteiger partial charge in [-0.15, -0.1) is 0 Å². The molecule has 0 aliphatic carbocycles. The Morgan fingerprint density at radius 3 is 2.91 bits per heavy atom. The third-order valence-corrected chi connectivity index (χ3v) is 3.74. The van der Waals surface area contributed by atoms with Crippen LogP contribution in [-0.4, -0.2) is 29.9 Å². The molecule has 1 amide bonds. The zero-order valence-corrected chi connectivity index (χ0v) is 14.0. The van der Waals surface area contributed by atoms with Crippen molar-refractivity contribution in [2.24, 2.45) is 5.92 Å². The Kier molecular flexibility index (Phi) is 5.64. The summed E-state index contributed by atoms with van der Waals surface area (Å²) in [6.45, 7) is 6.83. The van der Waals surface area contributed by atoms with Crippen molar-refractivity contribution in [1.29, 1.82) is 0 Å². The van der Waals surface area contributed by atoms with Crippen LogP contribution in [-0.2, 0) is 9.47 Å². The number of rotatable bonds is 3. The van der Waals surface area contributed by atoms with E-state index in [2.05, 4.69) is 10.3 Å². The fourth-order valence-electron chi connectivity index (χ4n) is 2.50. The van der Waals surface area contributed by atoms with Crippen LogP contribution in [0.4, 0.5) is 4.79 Å². The van der Waals surface area contributed by atoms with Gasteiger partial charge in [0.25, 0.3) is 0 Å². The van der Waals surface area contributed by atoms with Crippen molar-refractivity contribution in [2.75, 3.05) is 13.2 Å². The van der Waals surface area contributed by atoms with E-state index in [1.54, 1.807) is 18.3 Å². The average molecular weight is 327 g/mol. The van der Waals surface area contributed by atoms with E-state index in [0.717, 1.165) is 19.4 Å². The molecule has 0 saturated carbocycles. The van der Waals surface area contributed by atoms with E-state index in [-0.39, 0.29) is 12.0 Å². The Bertz CT molecular complexity index is 510. The first kappa shape index (κ1) is 17.0. The molecule has 0 spiro atoms. The van der Waals surface area contributed by atoms with E-state index < -0.39 is 11.7 Å². The van der Waals surface area contributed by atoms with Crippen LogP contribution in [0, 0.1) is 5.92 Å². The lowest BCUT2D eigenvalue weighted by Crippen LogP contribution is -2.40. The van der Waals surface area contributed by atoms with Gasteiger partial charge in [0.1, 0.15) is 5.60 Å². The third kappa shape index (κ3) is 4.85. The summed E-state index contributed by atoms with van der Waals surface area (Å²) in [5.74, 6) is 0.133. The molecular formula is C16H23ClN2O3. The van der Waals surface area contributed by atoms with Crippen molar-refractivity contribution >= 4 is 17.7 Å². The molecule has 2 rings (SSSR count). The minimum Gasteiger partial charge on any atom is -0.444 e. The maximum absolute atomic E-state index is 12.2. The summed E-state index contributed by atoms with van der Waals surface area (Å²) in [6, 6.07) is 3.23. The number of hydrogen-bond acceptors (Lipinski definition) is 4. The Morgan fingerprint density at radius 2 is 2.32 bits per heavy atom. The molecule has 2 heterocycles. The highest BCUT2D eigenvalue weighted by atomic mass is 35.5. The zero-order chi connectivity index (χ0) is 16.2. The van der Waals surface area contributed by atoms with Crippen LogP contribution in [0.5, 0.6) is 0 Å². The first-order valence-electron chi connectivity index (χ1n) is 7.54. The summed E-state index contributed by atoms with van der Waals surface area (Å²) in [4.78, 5) is 16.5. The molecule has 1 aromatic heterocycles. The van der Waals surface area contributed by atoms with E-state index in [4.69, 9.17) is 21.1 Å². The van der Waals surface area contributed by atoms with Crippen LogP contribution in [0.3, 0.4) is 0 Å². The number of nitrogens with one attached hydrogen (secondary N) is 1. The molecule has 1 aliphatic heterocycles. The molecule has 1 aromatic rings. The fraction of sp³-hybridized carbons (Fsp3) is 0.625. The van der Waals surface area contributed by atoms with Crippen molar-refractivity contribution < 1.29 is 14.3 Å². The second-order valence-corrected chi connectivity index (χ2v) is 6.88. The van der Waals surface area contributed by atoms with Gasteiger partial charge in [-0.2, -0.15) is 0 Å². The van der Waals surface area contributed by atoms with E-state index in [1.807, 2.05) is 20.8 Å². The smallest absolute Gasteiger partial charge is 0.408 e. The first-order chi connectivity index (χ1) is 10.4. The van der Waals surface area contributed by atoms with Crippen molar-refractivity contribution in [3.63, 3.8) is 0 Å². The lowest BCUT2D eigenvalue weighted by Gasteiger charge is -2.31. The zero-order valence-electron chi connectivity index (χ0n) is 13.3. The summed E-state index contributed by atoms with van der Waals surface area (Å²) < 4.78 is 10.9. The standard InChI is InChI=1S/C16H23ClN2O3/c1-16(2,3)22-15(20)19-13(11-6-5-9-21-10-11)14-12(17)7-4-8-18-14/h4,7-8,11,13H,5-6,9-10H2,1-3H3,(H,19,20). The Balaban J connectivity index is 2.18. The molecule has 1 aliphatic rings. The summed E-state index contributed by atoms with van der Waals surface area (Å²) in [5.41, 5.74) is 0.108. The molecule has 122 valence electrons. The normalized spacial score (nSPS) is 20.3. The number of ether oxygens (including phenoxy) is 2. The van der Waals surface area contributed by atoms with Crippen molar-refractivity contribution in [1.82, 2.24) is 10.3 Å². The molecule has 0 radical (unpaired) electrons. The number of nitrogens with zero attached hydrogens (tertiary/aromatic N) is 1. The summed E-state index contributed by atoms with van der Waals surface area (Å²) in [5, 5.41) is 3.45. The SMILES string of the molecule is CC(C)(C)OC(=O)NC(c1ncccc1Cl)C1CCCOC1. The molecule has 1 N–H and O–H groups in total. The monoisotopic (exact) mass is 326 g/mol. The maximum Gasteiger partial charge on any atom is 0.408 e. The first-order valence-corrected chi connectivity index (χ1v) is 7.92. The van der Waals surface area contributed by atoms with E-state index in [9.17, 15) is 4.79 Å².